The van der Waals surface area contributed by atoms with Gasteiger partial charge in [0.15, 0.2) is 5.79 Å². The fourth-order valence-electron chi connectivity index (χ4n) is 3.83. The highest BCUT2D eigenvalue weighted by molar-refractivity contribution is 4.82. The molecule has 0 amide bonds. The molecule has 3 heteroatoms. The Morgan fingerprint density at radius 3 is 2.47 bits per heavy atom. The number of rotatable bonds is 2. The Labute approximate surface area is 105 Å². The second-order valence-corrected chi connectivity index (χ2v) is 6.48. The van der Waals surface area contributed by atoms with Crippen LogP contribution in [0.2, 0.25) is 0 Å². The van der Waals surface area contributed by atoms with Crippen LogP contribution in [0.5, 0.6) is 0 Å². The summed E-state index contributed by atoms with van der Waals surface area (Å²) in [5.41, 5.74) is 0. The average Bonchev–Trinajstić information content (AvgIpc) is 2.89. The Morgan fingerprint density at radius 1 is 1.06 bits per heavy atom. The molecule has 0 unspecified atom stereocenters. The van der Waals surface area contributed by atoms with Crippen LogP contribution < -0.4 is 0 Å². The first-order valence-electron chi connectivity index (χ1n) is 7.35. The van der Waals surface area contributed by atoms with Crippen LogP contribution in [0.25, 0.3) is 0 Å². The molecule has 1 spiro atoms. The van der Waals surface area contributed by atoms with E-state index in [0.717, 1.165) is 26.0 Å². The standard InChI is InChI=1S/C14H26NO2/c1-15(9-5-6-10-15)11-13-12-16-14(17-13)7-3-2-4-8-14/h13H,2-12H2,1H3/q+1/t13-/m0/s1. The van der Waals surface area contributed by atoms with Crippen LogP contribution in [-0.2, 0) is 9.47 Å². The van der Waals surface area contributed by atoms with Crippen LogP contribution >= 0.6 is 0 Å². The van der Waals surface area contributed by atoms with Gasteiger partial charge in [0.25, 0.3) is 0 Å². The molecule has 3 rings (SSSR count). The van der Waals surface area contributed by atoms with E-state index >= 15 is 0 Å². The minimum Gasteiger partial charge on any atom is -0.347 e. The van der Waals surface area contributed by atoms with E-state index < -0.39 is 0 Å². The normalized spacial score (nSPS) is 35.5. The van der Waals surface area contributed by atoms with E-state index in [9.17, 15) is 0 Å². The Morgan fingerprint density at radius 2 is 1.76 bits per heavy atom. The summed E-state index contributed by atoms with van der Waals surface area (Å²) < 4.78 is 13.5. The molecule has 1 saturated carbocycles. The van der Waals surface area contributed by atoms with Gasteiger partial charge in [-0.25, -0.2) is 0 Å². The van der Waals surface area contributed by atoms with Gasteiger partial charge in [-0.05, 0) is 12.8 Å². The second-order valence-electron chi connectivity index (χ2n) is 6.48. The molecule has 0 bridgehead atoms. The molecule has 3 aliphatic rings. The van der Waals surface area contributed by atoms with E-state index in [1.54, 1.807) is 0 Å². The van der Waals surface area contributed by atoms with Crippen molar-refractivity contribution in [1.82, 2.24) is 0 Å². The molecule has 3 nitrogen and oxygen atoms in total. The highest BCUT2D eigenvalue weighted by Gasteiger charge is 2.45. The van der Waals surface area contributed by atoms with Crippen molar-refractivity contribution in [3.05, 3.63) is 0 Å². The van der Waals surface area contributed by atoms with Gasteiger partial charge in [0, 0.05) is 25.7 Å². The van der Waals surface area contributed by atoms with E-state index in [1.165, 1.54) is 49.7 Å². The number of nitrogens with zero attached hydrogens (tertiary/aromatic N) is 1. The Balaban J connectivity index is 1.56. The molecule has 17 heavy (non-hydrogen) atoms. The highest BCUT2D eigenvalue weighted by Crippen LogP contribution is 2.38. The van der Waals surface area contributed by atoms with E-state index in [1.807, 2.05) is 0 Å². The van der Waals surface area contributed by atoms with E-state index in [4.69, 9.17) is 9.47 Å². The second kappa shape index (κ2) is 4.52. The average molecular weight is 240 g/mol. The van der Waals surface area contributed by atoms with E-state index in [0.29, 0.717) is 6.10 Å². The topological polar surface area (TPSA) is 18.5 Å². The maximum Gasteiger partial charge on any atom is 0.169 e. The third-order valence-electron chi connectivity index (χ3n) is 4.82. The lowest BCUT2D eigenvalue weighted by atomic mass is 9.94. The summed E-state index contributed by atoms with van der Waals surface area (Å²) in [6.07, 6.45) is 9.26. The molecular formula is C14H26NO2+. The largest absolute Gasteiger partial charge is 0.347 e. The Hall–Kier alpha value is -0.120. The summed E-state index contributed by atoms with van der Waals surface area (Å²) in [6, 6.07) is 0. The molecule has 0 aromatic heterocycles. The summed E-state index contributed by atoms with van der Waals surface area (Å²) >= 11 is 0. The van der Waals surface area contributed by atoms with Crippen LogP contribution in [0.4, 0.5) is 0 Å². The minimum atomic E-state index is -0.179. The van der Waals surface area contributed by atoms with Crippen molar-refractivity contribution in [2.75, 3.05) is 33.3 Å². The SMILES string of the molecule is C[N+]1(C[C@H]2COC3(CCCCC3)O2)CCCC1. The monoisotopic (exact) mass is 240 g/mol. The molecule has 2 saturated heterocycles. The van der Waals surface area contributed by atoms with Gasteiger partial charge in [-0.2, -0.15) is 0 Å². The number of hydrogen-bond donors (Lipinski definition) is 0. The zero-order valence-electron chi connectivity index (χ0n) is 11.1. The Kier molecular flexibility index (Phi) is 3.18. The van der Waals surface area contributed by atoms with Gasteiger partial charge in [-0.3, -0.25) is 0 Å². The first-order valence-corrected chi connectivity index (χ1v) is 7.35. The molecule has 98 valence electrons. The minimum absolute atomic E-state index is 0.179. The van der Waals surface area contributed by atoms with Crippen molar-refractivity contribution in [2.45, 2.75) is 56.8 Å². The van der Waals surface area contributed by atoms with E-state index in [2.05, 4.69) is 7.05 Å². The van der Waals surface area contributed by atoms with Crippen LogP contribution in [0.3, 0.4) is 0 Å². The van der Waals surface area contributed by atoms with Crippen LogP contribution in [0.1, 0.15) is 44.9 Å². The summed E-state index contributed by atoms with van der Waals surface area (Å²) in [5, 5.41) is 0. The third kappa shape index (κ3) is 2.51. The summed E-state index contributed by atoms with van der Waals surface area (Å²) in [6.45, 7) is 4.63. The van der Waals surface area contributed by atoms with Crippen molar-refractivity contribution in [2.24, 2.45) is 0 Å². The summed E-state index contributed by atoms with van der Waals surface area (Å²) in [5.74, 6) is -0.179. The molecule has 3 fully saturated rings. The zero-order chi connectivity index (χ0) is 11.8. The predicted octanol–water partition coefficient (Wildman–Crippen LogP) is 2.30. The van der Waals surface area contributed by atoms with Gasteiger partial charge in [0.1, 0.15) is 12.6 Å². The van der Waals surface area contributed by atoms with Gasteiger partial charge in [0.05, 0.1) is 26.7 Å². The number of hydrogen-bond acceptors (Lipinski definition) is 2. The maximum absolute atomic E-state index is 6.28. The highest BCUT2D eigenvalue weighted by atomic mass is 16.7. The van der Waals surface area contributed by atoms with Crippen molar-refractivity contribution in [3.8, 4) is 0 Å². The molecule has 0 aromatic carbocycles. The van der Waals surface area contributed by atoms with Gasteiger partial charge < -0.3 is 14.0 Å². The molecule has 2 heterocycles. The maximum atomic E-state index is 6.28. The van der Waals surface area contributed by atoms with Gasteiger partial charge in [-0.1, -0.05) is 6.42 Å². The molecular weight excluding hydrogens is 214 g/mol. The number of quaternary nitrogens is 1. The van der Waals surface area contributed by atoms with Crippen molar-refractivity contribution in [1.29, 1.82) is 0 Å². The Bertz CT molecular complexity index is 267. The lowest BCUT2D eigenvalue weighted by Gasteiger charge is -2.34. The lowest BCUT2D eigenvalue weighted by molar-refractivity contribution is -0.900. The predicted molar refractivity (Wildman–Crippen MR) is 66.7 cm³/mol. The van der Waals surface area contributed by atoms with E-state index in [-0.39, 0.29) is 5.79 Å². The van der Waals surface area contributed by atoms with Crippen LogP contribution in [0.15, 0.2) is 0 Å². The van der Waals surface area contributed by atoms with Gasteiger partial charge >= 0.3 is 0 Å². The number of likely N-dealkylation sites (tertiary alicyclic amines) is 1. The van der Waals surface area contributed by atoms with Crippen molar-refractivity contribution >= 4 is 0 Å². The first-order chi connectivity index (χ1) is 8.20. The third-order valence-corrected chi connectivity index (χ3v) is 4.82. The summed E-state index contributed by atoms with van der Waals surface area (Å²) in [4.78, 5) is 0. The van der Waals surface area contributed by atoms with Crippen molar-refractivity contribution < 1.29 is 14.0 Å². The fraction of sp³-hybridized carbons (Fsp3) is 1.00. The lowest BCUT2D eigenvalue weighted by Crippen LogP contribution is -2.47. The van der Waals surface area contributed by atoms with Crippen LogP contribution in [0, 0.1) is 0 Å². The molecule has 0 radical (unpaired) electrons. The first kappa shape index (κ1) is 11.9. The molecule has 2 aliphatic heterocycles. The van der Waals surface area contributed by atoms with Gasteiger partial charge in [-0.15, -0.1) is 0 Å². The molecule has 1 aliphatic carbocycles. The van der Waals surface area contributed by atoms with Crippen LogP contribution in [-0.4, -0.2) is 49.7 Å². The molecule has 0 N–H and O–H groups in total. The van der Waals surface area contributed by atoms with Crippen molar-refractivity contribution in [3.63, 3.8) is 0 Å². The smallest absolute Gasteiger partial charge is 0.169 e. The number of likely N-dealkylation sites (N-methyl/N-ethyl adjacent to an activating group) is 1. The quantitative estimate of drug-likeness (QED) is 0.690. The van der Waals surface area contributed by atoms with Gasteiger partial charge in [0.2, 0.25) is 0 Å². The number of ether oxygens (including phenoxy) is 2. The zero-order valence-corrected chi connectivity index (χ0v) is 11.1. The molecule has 0 aromatic rings. The summed E-state index contributed by atoms with van der Waals surface area (Å²) in [7, 11) is 2.38. The molecule has 1 atom stereocenters. The fourth-order valence-corrected chi connectivity index (χ4v) is 3.83.